The monoisotopic (exact) mass is 466 g/mol. The Kier molecular flexibility index (Phi) is 6.61. The van der Waals surface area contributed by atoms with Gasteiger partial charge in [0.1, 0.15) is 12.1 Å². The molecule has 0 amide bonds. The maximum atomic E-state index is 13.6. The van der Waals surface area contributed by atoms with Crippen molar-refractivity contribution < 1.29 is 18.0 Å². The quantitative estimate of drug-likeness (QED) is 0.264. The van der Waals surface area contributed by atoms with Gasteiger partial charge < -0.3 is 20.5 Å². The number of aromatic nitrogens is 1. The van der Waals surface area contributed by atoms with Gasteiger partial charge in [-0.3, -0.25) is 4.79 Å². The molecule has 4 rings (SSSR count). The molecule has 0 saturated heterocycles. The molecular formula is C26H25F3N4O. The number of alkyl halides is 3. The number of anilines is 3. The van der Waals surface area contributed by atoms with Crippen LogP contribution in [0.1, 0.15) is 15.9 Å². The molecule has 0 unspecified atom stereocenters. The first-order valence-corrected chi connectivity index (χ1v) is 10.8. The minimum absolute atomic E-state index is 0.317. The Bertz CT molecular complexity index is 1290. The smallest absolute Gasteiger partial charge is 0.384 e. The number of hydrogen-bond donors (Lipinski definition) is 3. The third-order valence-corrected chi connectivity index (χ3v) is 5.47. The second-order valence-electron chi connectivity index (χ2n) is 8.31. The van der Waals surface area contributed by atoms with Crippen molar-refractivity contribution in [3.05, 3.63) is 77.9 Å². The summed E-state index contributed by atoms with van der Waals surface area (Å²) in [6, 6.07) is 18.6. The number of halogens is 3. The van der Waals surface area contributed by atoms with E-state index < -0.39 is 11.7 Å². The lowest BCUT2D eigenvalue weighted by molar-refractivity contribution is -0.137. The van der Waals surface area contributed by atoms with Crippen molar-refractivity contribution >= 4 is 34.3 Å². The molecule has 0 atom stereocenters. The van der Waals surface area contributed by atoms with E-state index >= 15 is 0 Å². The largest absolute Gasteiger partial charge is 0.416 e. The first kappa shape index (κ1) is 23.4. The van der Waals surface area contributed by atoms with Crippen LogP contribution >= 0.6 is 0 Å². The van der Waals surface area contributed by atoms with Crippen LogP contribution in [0.3, 0.4) is 0 Å². The van der Waals surface area contributed by atoms with E-state index in [-0.39, 0.29) is 0 Å². The Morgan fingerprint density at radius 2 is 1.62 bits per heavy atom. The molecule has 0 fully saturated rings. The second-order valence-corrected chi connectivity index (χ2v) is 8.31. The van der Waals surface area contributed by atoms with Crippen molar-refractivity contribution in [2.45, 2.75) is 6.18 Å². The van der Waals surface area contributed by atoms with Gasteiger partial charge in [0.2, 0.25) is 0 Å². The lowest BCUT2D eigenvalue weighted by atomic mass is 10.1. The number of rotatable bonds is 8. The summed E-state index contributed by atoms with van der Waals surface area (Å²) >= 11 is 0. The average Bonchev–Trinajstić information content (AvgIpc) is 3.16. The Morgan fingerprint density at radius 3 is 2.26 bits per heavy atom. The topological polar surface area (TPSA) is 60.2 Å². The van der Waals surface area contributed by atoms with E-state index in [0.717, 1.165) is 40.4 Å². The first-order valence-electron chi connectivity index (χ1n) is 10.8. The zero-order valence-electron chi connectivity index (χ0n) is 18.8. The molecule has 8 heteroatoms. The molecule has 0 aliphatic heterocycles. The van der Waals surface area contributed by atoms with Crippen molar-refractivity contribution in [1.82, 2.24) is 9.88 Å². The lowest BCUT2D eigenvalue weighted by Gasteiger charge is -2.16. The number of fused-ring (bicyclic) bond motifs is 1. The summed E-state index contributed by atoms with van der Waals surface area (Å²) < 4.78 is 40.7. The van der Waals surface area contributed by atoms with Crippen molar-refractivity contribution in [3.8, 4) is 11.3 Å². The van der Waals surface area contributed by atoms with E-state index in [1.807, 2.05) is 55.4 Å². The van der Waals surface area contributed by atoms with Gasteiger partial charge in [-0.2, -0.15) is 13.2 Å². The predicted octanol–water partition coefficient (Wildman–Crippen LogP) is 6.38. The molecule has 176 valence electrons. The number of carbonyl (C=O) groups excluding carboxylic acids is 1. The lowest BCUT2D eigenvalue weighted by Crippen LogP contribution is -2.21. The van der Waals surface area contributed by atoms with Gasteiger partial charge in [0.15, 0.2) is 0 Å². The fourth-order valence-corrected chi connectivity index (χ4v) is 3.77. The SMILES string of the molecule is CN(C)CCNc1cc(Nc2[nH]c(-c3ccc(C=O)cc3)c3ccccc23)cc(C(F)(F)F)c1. The molecule has 4 aromatic rings. The third-order valence-electron chi connectivity index (χ3n) is 5.47. The zero-order valence-corrected chi connectivity index (χ0v) is 18.8. The van der Waals surface area contributed by atoms with Crippen LogP contribution in [-0.2, 0) is 6.18 Å². The molecule has 34 heavy (non-hydrogen) atoms. The fourth-order valence-electron chi connectivity index (χ4n) is 3.77. The Balaban J connectivity index is 1.72. The van der Waals surface area contributed by atoms with E-state index in [1.165, 1.54) is 0 Å². The molecule has 1 heterocycles. The number of aromatic amines is 1. The first-order chi connectivity index (χ1) is 16.2. The van der Waals surface area contributed by atoms with Crippen LogP contribution in [0.2, 0.25) is 0 Å². The maximum absolute atomic E-state index is 13.6. The highest BCUT2D eigenvalue weighted by Gasteiger charge is 2.31. The maximum Gasteiger partial charge on any atom is 0.416 e. The number of carbonyl (C=O) groups is 1. The molecule has 0 bridgehead atoms. The summed E-state index contributed by atoms with van der Waals surface area (Å²) in [5, 5.41) is 7.98. The molecule has 3 aromatic carbocycles. The van der Waals surface area contributed by atoms with Gasteiger partial charge in [0.25, 0.3) is 0 Å². The normalized spacial score (nSPS) is 11.7. The summed E-state index contributed by atoms with van der Waals surface area (Å²) in [5.74, 6) is 0.587. The Morgan fingerprint density at radius 1 is 0.941 bits per heavy atom. The minimum Gasteiger partial charge on any atom is -0.384 e. The Labute approximate surface area is 195 Å². The number of nitrogens with zero attached hydrogens (tertiary/aromatic N) is 1. The van der Waals surface area contributed by atoms with Gasteiger partial charge in [-0.15, -0.1) is 0 Å². The van der Waals surface area contributed by atoms with Gasteiger partial charge in [0.05, 0.1) is 11.3 Å². The molecule has 1 aromatic heterocycles. The van der Waals surface area contributed by atoms with Crippen LogP contribution in [0.5, 0.6) is 0 Å². The van der Waals surface area contributed by atoms with Crippen molar-refractivity contribution in [2.24, 2.45) is 0 Å². The van der Waals surface area contributed by atoms with Crippen LogP contribution in [0.15, 0.2) is 66.7 Å². The standard InChI is InChI=1S/C26H25F3N4O/c1-33(2)12-11-30-20-13-19(26(27,28)29)14-21(15-20)31-25-23-6-4-3-5-22(23)24(32-25)18-9-7-17(16-34)8-10-18/h3-10,13-16,30-32H,11-12H2,1-2H3. The predicted molar refractivity (Wildman–Crippen MR) is 131 cm³/mol. The molecule has 0 saturated carbocycles. The summed E-state index contributed by atoms with van der Waals surface area (Å²) in [6.45, 7) is 1.20. The van der Waals surface area contributed by atoms with Crippen molar-refractivity contribution in [2.75, 3.05) is 37.8 Å². The number of nitrogens with one attached hydrogen (secondary N) is 3. The number of likely N-dealkylation sites (N-methyl/N-ethyl adjacent to an activating group) is 1. The van der Waals surface area contributed by atoms with Crippen LogP contribution in [0.25, 0.3) is 22.0 Å². The molecular weight excluding hydrogens is 441 g/mol. The van der Waals surface area contributed by atoms with E-state index in [0.29, 0.717) is 35.8 Å². The van der Waals surface area contributed by atoms with E-state index in [4.69, 9.17) is 0 Å². The van der Waals surface area contributed by atoms with Crippen LogP contribution < -0.4 is 10.6 Å². The molecule has 3 N–H and O–H groups in total. The van der Waals surface area contributed by atoms with E-state index in [9.17, 15) is 18.0 Å². The highest BCUT2D eigenvalue weighted by Crippen LogP contribution is 2.37. The van der Waals surface area contributed by atoms with Gasteiger partial charge in [-0.05, 0) is 37.9 Å². The van der Waals surface area contributed by atoms with Gasteiger partial charge >= 0.3 is 6.18 Å². The van der Waals surface area contributed by atoms with Crippen molar-refractivity contribution in [1.29, 1.82) is 0 Å². The van der Waals surface area contributed by atoms with Crippen LogP contribution in [0, 0.1) is 0 Å². The fraction of sp³-hybridized carbons (Fsp3) is 0.192. The van der Waals surface area contributed by atoms with Gasteiger partial charge in [-0.25, -0.2) is 0 Å². The molecule has 0 aliphatic carbocycles. The highest BCUT2D eigenvalue weighted by molar-refractivity contribution is 6.04. The second kappa shape index (κ2) is 9.61. The Hall–Kier alpha value is -3.78. The number of hydrogen-bond acceptors (Lipinski definition) is 4. The highest BCUT2D eigenvalue weighted by atomic mass is 19.4. The zero-order chi connectivity index (χ0) is 24.3. The number of benzene rings is 3. The van der Waals surface area contributed by atoms with Crippen molar-refractivity contribution in [3.63, 3.8) is 0 Å². The average molecular weight is 467 g/mol. The summed E-state index contributed by atoms with van der Waals surface area (Å²) in [6.07, 6.45) is -3.69. The summed E-state index contributed by atoms with van der Waals surface area (Å²) in [4.78, 5) is 16.3. The summed E-state index contributed by atoms with van der Waals surface area (Å²) in [5.41, 5.74) is 2.22. The van der Waals surface area contributed by atoms with Crippen LogP contribution in [-0.4, -0.2) is 43.4 Å². The van der Waals surface area contributed by atoms with Gasteiger partial charge in [0, 0.05) is 40.8 Å². The van der Waals surface area contributed by atoms with Crippen LogP contribution in [0.4, 0.5) is 30.4 Å². The summed E-state index contributed by atoms with van der Waals surface area (Å²) in [7, 11) is 3.81. The third kappa shape index (κ3) is 5.23. The minimum atomic E-state index is -4.47. The molecule has 5 nitrogen and oxygen atoms in total. The molecule has 0 spiro atoms. The molecule has 0 radical (unpaired) electrons. The van der Waals surface area contributed by atoms with E-state index in [2.05, 4.69) is 15.6 Å². The number of aldehydes is 1. The number of H-pyrrole nitrogens is 1. The van der Waals surface area contributed by atoms with E-state index in [1.54, 1.807) is 18.2 Å². The van der Waals surface area contributed by atoms with Gasteiger partial charge in [-0.1, -0.05) is 48.5 Å². The molecule has 0 aliphatic rings.